The van der Waals surface area contributed by atoms with Crippen molar-refractivity contribution >= 4 is 24.1 Å². The lowest BCUT2D eigenvalue weighted by molar-refractivity contribution is 0.112. The van der Waals surface area contributed by atoms with Crippen LogP contribution in [-0.2, 0) is 0 Å². The fourth-order valence-corrected chi connectivity index (χ4v) is 1.08. The molecule has 0 unspecified atom stereocenters. The molecule has 0 atom stereocenters. The molecule has 0 amide bonds. The molecule has 3 nitrogen and oxygen atoms in total. The lowest BCUT2D eigenvalue weighted by atomic mass is 10.1. The van der Waals surface area contributed by atoms with Crippen molar-refractivity contribution in [1.29, 1.82) is 5.41 Å². The van der Waals surface area contributed by atoms with Crippen molar-refractivity contribution in [2.45, 2.75) is 0 Å². The summed E-state index contributed by atoms with van der Waals surface area (Å²) in [4.78, 5) is 10.5. The zero-order valence-electron chi connectivity index (χ0n) is 6.04. The van der Waals surface area contributed by atoms with Gasteiger partial charge >= 0.3 is 0 Å². The van der Waals surface area contributed by atoms with Crippen molar-refractivity contribution in [3.05, 3.63) is 28.3 Å². The first-order valence-corrected chi connectivity index (χ1v) is 3.55. The third-order valence-electron chi connectivity index (χ3n) is 1.47. The molecule has 0 saturated carbocycles. The van der Waals surface area contributed by atoms with Crippen LogP contribution in [0, 0.1) is 5.41 Å². The summed E-state index contributed by atoms with van der Waals surface area (Å²) in [6.45, 7) is 0. The second kappa shape index (κ2) is 3.36. The molecule has 0 saturated heterocycles. The summed E-state index contributed by atoms with van der Waals surface area (Å²) in [5.74, 6) is -0.114. The standard InChI is InChI=1S/C8H6ClNO2/c9-7-1-2-8(12)5(3-10)6(7)4-11/h1-4,10,12H. The van der Waals surface area contributed by atoms with Crippen LogP contribution in [0.3, 0.4) is 0 Å². The van der Waals surface area contributed by atoms with Crippen molar-refractivity contribution in [3.8, 4) is 5.75 Å². The molecular formula is C8H6ClNO2. The number of aromatic hydroxyl groups is 1. The highest BCUT2D eigenvalue weighted by molar-refractivity contribution is 6.33. The molecule has 0 fully saturated rings. The van der Waals surface area contributed by atoms with Gasteiger partial charge in [0.05, 0.1) is 5.02 Å². The molecule has 2 N–H and O–H groups in total. The molecule has 4 heteroatoms. The van der Waals surface area contributed by atoms with E-state index in [2.05, 4.69) is 0 Å². The first kappa shape index (κ1) is 8.74. The fraction of sp³-hybridized carbons (Fsp3) is 0. The maximum Gasteiger partial charge on any atom is 0.152 e. The molecule has 0 bridgehead atoms. The van der Waals surface area contributed by atoms with E-state index in [1.54, 1.807) is 0 Å². The van der Waals surface area contributed by atoms with Crippen LogP contribution in [-0.4, -0.2) is 17.6 Å². The lowest BCUT2D eigenvalue weighted by Crippen LogP contribution is -1.92. The minimum atomic E-state index is -0.114. The predicted molar refractivity (Wildman–Crippen MR) is 46.4 cm³/mol. The SMILES string of the molecule is N=Cc1c(O)ccc(Cl)c1C=O. The van der Waals surface area contributed by atoms with Crippen LogP contribution < -0.4 is 0 Å². The molecule has 0 aliphatic carbocycles. The highest BCUT2D eigenvalue weighted by Gasteiger charge is 2.08. The fourth-order valence-electron chi connectivity index (χ4n) is 0.870. The van der Waals surface area contributed by atoms with Crippen molar-refractivity contribution in [1.82, 2.24) is 0 Å². The van der Waals surface area contributed by atoms with E-state index in [0.717, 1.165) is 6.21 Å². The van der Waals surface area contributed by atoms with E-state index in [9.17, 15) is 9.90 Å². The monoisotopic (exact) mass is 183 g/mol. The second-order valence-electron chi connectivity index (χ2n) is 2.16. The van der Waals surface area contributed by atoms with Gasteiger partial charge in [-0.15, -0.1) is 0 Å². The van der Waals surface area contributed by atoms with Crippen LogP contribution in [0.4, 0.5) is 0 Å². The van der Waals surface area contributed by atoms with E-state index >= 15 is 0 Å². The van der Waals surface area contributed by atoms with Gasteiger partial charge in [-0.25, -0.2) is 0 Å². The van der Waals surface area contributed by atoms with E-state index in [1.165, 1.54) is 12.1 Å². The first-order chi connectivity index (χ1) is 5.70. The Balaban J connectivity index is 3.48. The number of phenols is 1. The average Bonchev–Trinajstić information content (AvgIpc) is 2.08. The number of hydrogen-bond donors (Lipinski definition) is 2. The molecule has 12 heavy (non-hydrogen) atoms. The largest absolute Gasteiger partial charge is 0.507 e. The van der Waals surface area contributed by atoms with Gasteiger partial charge in [0.15, 0.2) is 6.29 Å². The molecule has 0 aliphatic heterocycles. The Bertz CT molecular complexity index is 303. The topological polar surface area (TPSA) is 61.1 Å². The second-order valence-corrected chi connectivity index (χ2v) is 2.56. The van der Waals surface area contributed by atoms with Crippen molar-refractivity contribution < 1.29 is 9.90 Å². The molecule has 0 aromatic heterocycles. The third kappa shape index (κ3) is 1.31. The number of carbonyl (C=O) groups is 1. The highest BCUT2D eigenvalue weighted by atomic mass is 35.5. The quantitative estimate of drug-likeness (QED) is 0.543. The number of benzene rings is 1. The minimum Gasteiger partial charge on any atom is -0.507 e. The Labute approximate surface area is 74.1 Å². The summed E-state index contributed by atoms with van der Waals surface area (Å²) in [7, 11) is 0. The molecule has 1 aromatic rings. The number of aldehydes is 1. The summed E-state index contributed by atoms with van der Waals surface area (Å²) in [5.41, 5.74) is 0.296. The normalized spacial score (nSPS) is 9.42. The summed E-state index contributed by atoms with van der Waals surface area (Å²) >= 11 is 5.63. The first-order valence-electron chi connectivity index (χ1n) is 3.18. The number of halogens is 1. The van der Waals surface area contributed by atoms with Gasteiger partial charge in [0, 0.05) is 17.3 Å². The molecule has 0 radical (unpaired) electrons. The summed E-state index contributed by atoms with van der Waals surface area (Å²) in [5, 5.41) is 16.3. The van der Waals surface area contributed by atoms with E-state index in [0.29, 0.717) is 6.29 Å². The number of hydrogen-bond acceptors (Lipinski definition) is 3. The molecular weight excluding hydrogens is 178 g/mol. The van der Waals surface area contributed by atoms with Gasteiger partial charge in [0.25, 0.3) is 0 Å². The lowest BCUT2D eigenvalue weighted by Gasteiger charge is -2.02. The predicted octanol–water partition coefficient (Wildman–Crippen LogP) is 1.86. The Kier molecular flexibility index (Phi) is 2.45. The zero-order chi connectivity index (χ0) is 9.14. The maximum absolute atomic E-state index is 10.5. The Hall–Kier alpha value is -1.35. The highest BCUT2D eigenvalue weighted by Crippen LogP contribution is 2.24. The van der Waals surface area contributed by atoms with E-state index in [1.807, 2.05) is 0 Å². The van der Waals surface area contributed by atoms with Crippen molar-refractivity contribution in [3.63, 3.8) is 0 Å². The van der Waals surface area contributed by atoms with Crippen LogP contribution in [0.2, 0.25) is 5.02 Å². The third-order valence-corrected chi connectivity index (χ3v) is 1.80. The van der Waals surface area contributed by atoms with Gasteiger partial charge in [-0.2, -0.15) is 0 Å². The van der Waals surface area contributed by atoms with Gasteiger partial charge in [-0.05, 0) is 12.1 Å². The van der Waals surface area contributed by atoms with E-state index in [4.69, 9.17) is 17.0 Å². The molecule has 0 spiro atoms. The summed E-state index contributed by atoms with van der Waals surface area (Å²) < 4.78 is 0. The molecule has 62 valence electrons. The Morgan fingerprint density at radius 1 is 1.42 bits per heavy atom. The minimum absolute atomic E-state index is 0.114. The van der Waals surface area contributed by atoms with E-state index < -0.39 is 0 Å². The maximum atomic E-state index is 10.5. The summed E-state index contributed by atoms with van der Waals surface area (Å²) in [6, 6.07) is 2.75. The number of rotatable bonds is 2. The van der Waals surface area contributed by atoms with Gasteiger partial charge in [-0.3, -0.25) is 4.79 Å². The average molecular weight is 184 g/mol. The smallest absolute Gasteiger partial charge is 0.152 e. The number of carbonyl (C=O) groups excluding carboxylic acids is 1. The van der Waals surface area contributed by atoms with Crippen LogP contribution in [0.15, 0.2) is 12.1 Å². The van der Waals surface area contributed by atoms with Crippen molar-refractivity contribution in [2.24, 2.45) is 0 Å². The number of nitrogens with one attached hydrogen (secondary N) is 1. The molecule has 1 aromatic carbocycles. The molecule has 0 aliphatic rings. The van der Waals surface area contributed by atoms with Crippen LogP contribution in [0.25, 0.3) is 0 Å². The van der Waals surface area contributed by atoms with Crippen molar-refractivity contribution in [2.75, 3.05) is 0 Å². The van der Waals surface area contributed by atoms with Crippen LogP contribution >= 0.6 is 11.6 Å². The van der Waals surface area contributed by atoms with Gasteiger partial charge in [0.2, 0.25) is 0 Å². The van der Waals surface area contributed by atoms with Crippen LogP contribution in [0.5, 0.6) is 5.75 Å². The van der Waals surface area contributed by atoms with Gasteiger partial charge in [-0.1, -0.05) is 11.6 Å². The van der Waals surface area contributed by atoms with Crippen LogP contribution in [0.1, 0.15) is 15.9 Å². The van der Waals surface area contributed by atoms with Gasteiger partial charge < -0.3 is 10.5 Å². The van der Waals surface area contributed by atoms with E-state index in [-0.39, 0.29) is 21.9 Å². The Morgan fingerprint density at radius 3 is 2.50 bits per heavy atom. The molecule has 1 rings (SSSR count). The number of phenolic OH excluding ortho intramolecular Hbond substituents is 1. The molecule has 0 heterocycles. The zero-order valence-corrected chi connectivity index (χ0v) is 6.80. The summed E-state index contributed by atoms with van der Waals surface area (Å²) in [6.07, 6.45) is 1.41. The van der Waals surface area contributed by atoms with Gasteiger partial charge in [0.1, 0.15) is 5.75 Å². The Morgan fingerprint density at radius 2 is 2.08 bits per heavy atom.